The highest BCUT2D eigenvalue weighted by Crippen LogP contribution is 2.48. The van der Waals surface area contributed by atoms with Gasteiger partial charge in [-0.05, 0) is 78.8 Å². The number of thiocarbonyl (C=S) groups is 1. The van der Waals surface area contributed by atoms with Gasteiger partial charge in [0.15, 0.2) is 16.2 Å². The molecular weight excluding hydrogens is 567 g/mol. The van der Waals surface area contributed by atoms with Crippen molar-refractivity contribution in [2.75, 3.05) is 21.2 Å². The molecule has 1 fully saturated rings. The maximum atomic E-state index is 13.7. The minimum Gasteiger partial charge on any atom is -0.344 e. The quantitative estimate of drug-likeness (QED) is 0.145. The Balaban J connectivity index is 1.52. The van der Waals surface area contributed by atoms with Crippen LogP contribution in [0.4, 0.5) is 17.1 Å². The molecule has 1 saturated heterocycles. The van der Waals surface area contributed by atoms with Gasteiger partial charge in [0.25, 0.3) is 11.8 Å². The number of para-hydroxylation sites is 2. The summed E-state index contributed by atoms with van der Waals surface area (Å²) in [6.45, 7) is 7.02. The molecule has 0 saturated carbocycles. The van der Waals surface area contributed by atoms with Crippen LogP contribution in [0.2, 0.25) is 0 Å². The second kappa shape index (κ2) is 12.0. The third kappa shape index (κ3) is 5.27. The van der Waals surface area contributed by atoms with Gasteiger partial charge in [-0.25, -0.2) is 4.21 Å². The molecule has 2 amide bonds. The minimum atomic E-state index is -2.07. The lowest BCUT2D eigenvalue weighted by Gasteiger charge is -2.36. The first kappa shape index (κ1) is 29.3. The van der Waals surface area contributed by atoms with E-state index in [1.807, 2.05) is 54.6 Å². The lowest BCUT2D eigenvalue weighted by molar-refractivity contribution is -0.120. The molecule has 2 aliphatic heterocycles. The number of carbonyl (C=O) groups excluding carboxylic acids is 2. The number of amides is 2. The molecule has 0 radical (unpaired) electrons. The summed E-state index contributed by atoms with van der Waals surface area (Å²) in [4.78, 5) is 32.7. The molecule has 9 heteroatoms. The maximum absolute atomic E-state index is 13.7. The zero-order valence-corrected chi connectivity index (χ0v) is 25.2. The molecule has 3 aromatic rings. The van der Waals surface area contributed by atoms with E-state index in [9.17, 15) is 18.4 Å². The van der Waals surface area contributed by atoms with Crippen molar-refractivity contribution in [1.82, 2.24) is 0 Å². The Bertz CT molecular complexity index is 1600. The number of benzene rings is 3. The molecule has 0 bridgehead atoms. The Morgan fingerprint density at radius 2 is 1.40 bits per heavy atom. The number of nitrogens with zero attached hydrogens (tertiary/aromatic N) is 3. The fourth-order valence-electron chi connectivity index (χ4n) is 5.38. The van der Waals surface area contributed by atoms with Gasteiger partial charge in [0.1, 0.15) is 5.57 Å². The number of rotatable bonds is 7. The van der Waals surface area contributed by atoms with Gasteiger partial charge < -0.3 is 9.45 Å². The second-order valence-electron chi connectivity index (χ2n) is 10.5. The molecule has 2 heterocycles. The Morgan fingerprint density at radius 1 is 0.857 bits per heavy atom. The summed E-state index contributed by atoms with van der Waals surface area (Å²) in [6, 6.07) is 23.4. The fourth-order valence-corrected chi connectivity index (χ4v) is 6.16. The summed E-state index contributed by atoms with van der Waals surface area (Å²) >= 11 is 3.59. The van der Waals surface area contributed by atoms with E-state index in [1.165, 1.54) is 15.9 Å². The average Bonchev–Trinajstić information content (AvgIpc) is 3.19. The van der Waals surface area contributed by atoms with E-state index in [4.69, 9.17) is 12.2 Å². The maximum Gasteiger partial charge on any atom is 0.270 e. The molecule has 214 valence electrons. The molecule has 3 aromatic carbocycles. The summed E-state index contributed by atoms with van der Waals surface area (Å²) in [5.74, 6) is -0.988. The zero-order chi connectivity index (χ0) is 30.0. The van der Waals surface area contributed by atoms with Gasteiger partial charge in [0.05, 0.1) is 16.3 Å². The van der Waals surface area contributed by atoms with Crippen LogP contribution in [0.1, 0.15) is 32.8 Å². The standard InChI is InChI=1S/C33H31N3O4S2/c1-4-21-34-28-20-19-25(42(39)40)22-27(28)33(2,3)29(34)18-12-11-17-26-30(37)35(23-13-7-5-8-14-23)32(41)36(31(26)38)24-15-9-6-10-16-24/h5-20,22H,4,21H2,1-3H3,(H,39,40)/b12-11+,29-18+. The van der Waals surface area contributed by atoms with Gasteiger partial charge in [-0.3, -0.25) is 19.4 Å². The molecule has 7 nitrogen and oxygen atoms in total. The SMILES string of the molecule is CCCN1/C(=C/C=C/C=C2C(=O)N(c3ccccc3)C(=S)N(c3ccccc3)C2=O)C(C)(C)c2cc(S(=O)O)ccc21. The van der Waals surface area contributed by atoms with Gasteiger partial charge in [0.2, 0.25) is 0 Å². The van der Waals surface area contributed by atoms with E-state index < -0.39 is 28.3 Å². The van der Waals surface area contributed by atoms with Crippen LogP contribution in [0.25, 0.3) is 0 Å². The molecule has 1 atom stereocenters. The van der Waals surface area contributed by atoms with Gasteiger partial charge in [0, 0.05) is 23.3 Å². The zero-order valence-electron chi connectivity index (χ0n) is 23.6. The van der Waals surface area contributed by atoms with E-state index in [1.54, 1.807) is 42.5 Å². The summed E-state index contributed by atoms with van der Waals surface area (Å²) < 4.78 is 21.4. The van der Waals surface area contributed by atoms with E-state index in [-0.39, 0.29) is 10.7 Å². The first-order valence-electron chi connectivity index (χ1n) is 13.6. The van der Waals surface area contributed by atoms with Crippen LogP contribution in [-0.4, -0.2) is 32.2 Å². The molecule has 0 aliphatic carbocycles. The van der Waals surface area contributed by atoms with Crippen LogP contribution < -0.4 is 14.7 Å². The number of hydrogen-bond donors (Lipinski definition) is 1. The Kier molecular flexibility index (Phi) is 8.36. The summed E-state index contributed by atoms with van der Waals surface area (Å²) in [7, 11) is 0. The number of allylic oxidation sites excluding steroid dienone is 5. The largest absolute Gasteiger partial charge is 0.344 e. The van der Waals surface area contributed by atoms with Gasteiger partial charge in [-0.15, -0.1) is 0 Å². The van der Waals surface area contributed by atoms with Crippen molar-refractivity contribution in [2.24, 2.45) is 0 Å². The number of fused-ring (bicyclic) bond motifs is 1. The summed E-state index contributed by atoms with van der Waals surface area (Å²) in [5, 5.41) is 0.0921. The number of anilines is 3. The van der Waals surface area contributed by atoms with Crippen molar-refractivity contribution in [2.45, 2.75) is 37.5 Å². The third-order valence-corrected chi connectivity index (χ3v) is 8.44. The molecule has 2 aliphatic rings. The van der Waals surface area contributed by atoms with Crippen LogP contribution >= 0.6 is 12.2 Å². The van der Waals surface area contributed by atoms with E-state index in [0.29, 0.717) is 16.3 Å². The highest BCUT2D eigenvalue weighted by Gasteiger charge is 2.41. The molecule has 42 heavy (non-hydrogen) atoms. The third-order valence-electron chi connectivity index (χ3n) is 7.42. The van der Waals surface area contributed by atoms with Crippen LogP contribution in [0.15, 0.2) is 119 Å². The van der Waals surface area contributed by atoms with Crippen molar-refractivity contribution in [3.05, 3.63) is 120 Å². The first-order chi connectivity index (χ1) is 20.2. The molecule has 1 unspecified atom stereocenters. The van der Waals surface area contributed by atoms with Gasteiger partial charge in [-0.1, -0.05) is 69.3 Å². The normalized spacial score (nSPS) is 18.3. The second-order valence-corrected chi connectivity index (χ2v) is 11.8. The summed E-state index contributed by atoms with van der Waals surface area (Å²) in [5.41, 5.74) is 3.67. The first-order valence-corrected chi connectivity index (χ1v) is 15.1. The molecule has 5 rings (SSSR count). The minimum absolute atomic E-state index is 0.0135. The summed E-state index contributed by atoms with van der Waals surface area (Å²) in [6.07, 6.45) is 7.91. The number of hydrogen-bond acceptors (Lipinski definition) is 5. The Morgan fingerprint density at radius 3 is 1.93 bits per heavy atom. The molecular formula is C33H31N3O4S2. The van der Waals surface area contributed by atoms with Crippen molar-refractivity contribution in [3.8, 4) is 0 Å². The molecule has 0 aromatic heterocycles. The van der Waals surface area contributed by atoms with E-state index in [0.717, 1.165) is 29.9 Å². The lowest BCUT2D eigenvalue weighted by atomic mass is 9.83. The number of carbonyl (C=O) groups is 2. The fraction of sp³-hybridized carbons (Fsp3) is 0.182. The van der Waals surface area contributed by atoms with Crippen molar-refractivity contribution >= 4 is 57.3 Å². The smallest absolute Gasteiger partial charge is 0.270 e. The van der Waals surface area contributed by atoms with Crippen LogP contribution in [-0.2, 0) is 26.1 Å². The van der Waals surface area contributed by atoms with Gasteiger partial charge >= 0.3 is 0 Å². The topological polar surface area (TPSA) is 81.2 Å². The average molecular weight is 598 g/mol. The predicted octanol–water partition coefficient (Wildman–Crippen LogP) is 6.51. The van der Waals surface area contributed by atoms with Crippen LogP contribution in [0.3, 0.4) is 0 Å². The molecule has 0 spiro atoms. The van der Waals surface area contributed by atoms with Crippen molar-refractivity contribution in [1.29, 1.82) is 0 Å². The Labute approximate surface area is 253 Å². The molecule has 1 N–H and O–H groups in total. The van der Waals surface area contributed by atoms with E-state index >= 15 is 0 Å². The highest BCUT2D eigenvalue weighted by molar-refractivity contribution is 7.81. The Hall–Kier alpha value is -4.18. The van der Waals surface area contributed by atoms with Crippen LogP contribution in [0.5, 0.6) is 0 Å². The van der Waals surface area contributed by atoms with Crippen LogP contribution in [0, 0.1) is 0 Å². The van der Waals surface area contributed by atoms with Crippen molar-refractivity contribution in [3.63, 3.8) is 0 Å². The lowest BCUT2D eigenvalue weighted by Crippen LogP contribution is -2.57. The van der Waals surface area contributed by atoms with Gasteiger partial charge in [-0.2, -0.15) is 0 Å². The highest BCUT2D eigenvalue weighted by atomic mass is 32.2. The van der Waals surface area contributed by atoms with Crippen molar-refractivity contribution < 1.29 is 18.4 Å². The van der Waals surface area contributed by atoms with E-state index in [2.05, 4.69) is 25.7 Å². The monoisotopic (exact) mass is 597 g/mol. The predicted molar refractivity (Wildman–Crippen MR) is 172 cm³/mol.